The lowest BCUT2D eigenvalue weighted by molar-refractivity contribution is -0.162. The molecular formula is C39H65BrN4O10. The van der Waals surface area contributed by atoms with E-state index in [1.54, 1.807) is 126 Å². The first-order valence-corrected chi connectivity index (χ1v) is 19.0. The number of carbonyl (C=O) groups is 5. The van der Waals surface area contributed by atoms with Crippen LogP contribution in [0, 0.1) is 0 Å². The summed E-state index contributed by atoms with van der Waals surface area (Å²) < 4.78 is 28.4. The van der Waals surface area contributed by atoms with E-state index in [4.69, 9.17) is 28.7 Å². The Balaban J connectivity index is 3.42. The molecule has 14 nitrogen and oxygen atoms in total. The van der Waals surface area contributed by atoms with Crippen molar-refractivity contribution >= 4 is 45.8 Å². The molecule has 0 radical (unpaired) electrons. The quantitative estimate of drug-likeness (QED) is 0.144. The van der Waals surface area contributed by atoms with Gasteiger partial charge >= 0.3 is 29.8 Å². The molecule has 308 valence electrons. The van der Waals surface area contributed by atoms with E-state index in [-0.39, 0.29) is 58.9 Å². The van der Waals surface area contributed by atoms with E-state index in [1.807, 2.05) is 4.90 Å². The molecule has 0 N–H and O–H groups in total. The minimum atomic E-state index is -0.727. The molecule has 1 heterocycles. The number of rotatable bonds is 17. The van der Waals surface area contributed by atoms with Gasteiger partial charge in [-0.25, -0.2) is 0 Å². The van der Waals surface area contributed by atoms with Gasteiger partial charge in [0.15, 0.2) is 0 Å². The number of nitrogens with zero attached hydrogens (tertiary/aromatic N) is 4. The summed E-state index contributed by atoms with van der Waals surface area (Å²) in [6.07, 6.45) is 0. The van der Waals surface area contributed by atoms with E-state index in [9.17, 15) is 24.0 Å². The molecule has 0 saturated carbocycles. The smallest absolute Gasteiger partial charge is 0.320 e. The van der Waals surface area contributed by atoms with Crippen LogP contribution in [0.2, 0.25) is 0 Å². The summed E-state index contributed by atoms with van der Waals surface area (Å²) in [5.74, 6) is -2.50. The molecule has 0 aromatic carbocycles. The molecule has 54 heavy (non-hydrogen) atoms. The SMILES string of the molecule is CC(C)(C)OC(=O)CN(CCN(CC(=O)OC(C)(C)C)Cc1cc(Br)cc(CN(CC(=O)OC(C)(C)C)CC(=O)OC(C)(C)C)n1)CC(=O)OC(C)(C)C. The van der Waals surface area contributed by atoms with Gasteiger partial charge in [0.2, 0.25) is 0 Å². The zero-order valence-corrected chi connectivity index (χ0v) is 36.9. The molecule has 0 unspecified atom stereocenters. The monoisotopic (exact) mass is 828 g/mol. The third-order valence-electron chi connectivity index (χ3n) is 6.26. The van der Waals surface area contributed by atoms with Crippen LogP contribution in [0.15, 0.2) is 16.6 Å². The van der Waals surface area contributed by atoms with Crippen LogP contribution in [0.25, 0.3) is 0 Å². The second-order valence-corrected chi connectivity index (χ2v) is 19.2. The lowest BCUT2D eigenvalue weighted by atomic mass is 10.2. The fourth-order valence-electron chi connectivity index (χ4n) is 4.89. The first kappa shape index (κ1) is 48.9. The molecule has 0 bridgehead atoms. The summed E-state index contributed by atoms with van der Waals surface area (Å²) in [5.41, 5.74) is -2.50. The van der Waals surface area contributed by atoms with Crippen molar-refractivity contribution in [3.63, 3.8) is 0 Å². The third-order valence-corrected chi connectivity index (χ3v) is 6.72. The maximum Gasteiger partial charge on any atom is 0.320 e. The van der Waals surface area contributed by atoms with Crippen molar-refractivity contribution in [1.29, 1.82) is 0 Å². The maximum atomic E-state index is 13.1. The van der Waals surface area contributed by atoms with E-state index in [0.29, 0.717) is 15.9 Å². The summed E-state index contributed by atoms with van der Waals surface area (Å²) in [4.78, 5) is 74.4. The Morgan fingerprint density at radius 3 is 1.00 bits per heavy atom. The molecule has 0 amide bonds. The van der Waals surface area contributed by atoms with Gasteiger partial charge in [-0.15, -0.1) is 0 Å². The molecule has 0 atom stereocenters. The molecule has 0 aliphatic heterocycles. The van der Waals surface area contributed by atoms with Gasteiger partial charge in [-0.2, -0.15) is 0 Å². The van der Waals surface area contributed by atoms with E-state index in [1.165, 1.54) is 0 Å². The molecule has 0 spiro atoms. The second-order valence-electron chi connectivity index (χ2n) is 18.3. The average Bonchev–Trinajstić information content (AvgIpc) is 2.85. The molecule has 0 aliphatic carbocycles. The van der Waals surface area contributed by atoms with Crippen molar-refractivity contribution < 1.29 is 47.7 Å². The summed E-state index contributed by atoms with van der Waals surface area (Å²) >= 11 is 3.57. The summed E-state index contributed by atoms with van der Waals surface area (Å²) in [6, 6.07) is 3.58. The molecule has 0 fully saturated rings. The van der Waals surface area contributed by atoms with E-state index in [0.717, 1.165) is 0 Å². The average molecular weight is 830 g/mol. The number of carbonyl (C=O) groups excluding carboxylic acids is 5. The molecule has 0 saturated heterocycles. The first-order chi connectivity index (χ1) is 24.3. The van der Waals surface area contributed by atoms with Crippen LogP contribution in [0.5, 0.6) is 0 Å². The molecule has 0 aliphatic rings. The lowest BCUT2D eigenvalue weighted by Crippen LogP contribution is -2.44. The minimum absolute atomic E-state index is 0.108. The number of pyridine rings is 1. The van der Waals surface area contributed by atoms with Crippen molar-refractivity contribution in [2.75, 3.05) is 45.8 Å². The molecule has 15 heteroatoms. The predicted molar refractivity (Wildman–Crippen MR) is 208 cm³/mol. The van der Waals surface area contributed by atoms with Crippen LogP contribution >= 0.6 is 15.9 Å². The Hall–Kier alpha value is -3.14. The second kappa shape index (κ2) is 20.1. The van der Waals surface area contributed by atoms with Crippen LogP contribution in [0.3, 0.4) is 0 Å². The molecule has 1 aromatic rings. The van der Waals surface area contributed by atoms with Gasteiger partial charge in [0, 0.05) is 30.7 Å². The predicted octanol–water partition coefficient (Wildman–Crippen LogP) is 5.46. The van der Waals surface area contributed by atoms with E-state index < -0.39 is 57.9 Å². The highest BCUT2D eigenvalue weighted by atomic mass is 79.9. The fourth-order valence-corrected chi connectivity index (χ4v) is 5.42. The fraction of sp³-hybridized carbons (Fsp3) is 0.744. The number of halogens is 1. The van der Waals surface area contributed by atoms with Crippen molar-refractivity contribution in [2.45, 2.75) is 145 Å². The Morgan fingerprint density at radius 2 is 0.704 bits per heavy atom. The summed E-state index contributed by atoms with van der Waals surface area (Å²) in [7, 11) is 0. The maximum absolute atomic E-state index is 13.1. The lowest BCUT2D eigenvalue weighted by Gasteiger charge is -2.29. The van der Waals surface area contributed by atoms with Gasteiger partial charge in [0.25, 0.3) is 0 Å². The summed E-state index contributed by atoms with van der Waals surface area (Å²) in [6.45, 7) is 26.4. The standard InChI is InChI=1S/C39H65BrN4O10/c1-35(2,3)50-30(45)22-42(16-17-43(23-31(46)51-36(4,5)6)24-32(47)52-37(7,8)9)20-28-18-27(40)19-29(41-28)21-44(25-33(48)53-38(10,11)12)26-34(49)54-39(13,14)15/h18-19H,16-17,20-26H2,1-15H3. The highest BCUT2D eigenvalue weighted by Gasteiger charge is 2.27. The van der Waals surface area contributed by atoms with Crippen LogP contribution in [-0.2, 0) is 60.7 Å². The number of hydrogen-bond acceptors (Lipinski definition) is 14. The van der Waals surface area contributed by atoms with E-state index in [2.05, 4.69) is 15.9 Å². The van der Waals surface area contributed by atoms with Gasteiger partial charge in [0.05, 0.1) is 44.1 Å². The highest BCUT2D eigenvalue weighted by molar-refractivity contribution is 9.10. The van der Waals surface area contributed by atoms with Gasteiger partial charge in [-0.05, 0) is 116 Å². The Morgan fingerprint density at radius 1 is 0.463 bits per heavy atom. The molecule has 1 rings (SSSR count). The molecular weight excluding hydrogens is 764 g/mol. The zero-order valence-electron chi connectivity index (χ0n) is 35.3. The highest BCUT2D eigenvalue weighted by Crippen LogP contribution is 2.18. The topological polar surface area (TPSA) is 154 Å². The van der Waals surface area contributed by atoms with Crippen LogP contribution in [0.1, 0.15) is 115 Å². The van der Waals surface area contributed by atoms with Gasteiger partial charge in [-0.3, -0.25) is 43.7 Å². The summed E-state index contributed by atoms with van der Waals surface area (Å²) in [5, 5.41) is 0. The number of aromatic nitrogens is 1. The van der Waals surface area contributed by atoms with Crippen molar-refractivity contribution in [1.82, 2.24) is 19.7 Å². The first-order valence-electron chi connectivity index (χ1n) is 18.2. The Kier molecular flexibility index (Phi) is 18.2. The van der Waals surface area contributed by atoms with Gasteiger partial charge < -0.3 is 23.7 Å². The van der Waals surface area contributed by atoms with Crippen molar-refractivity contribution in [3.8, 4) is 0 Å². The Bertz CT molecular complexity index is 1370. The largest absolute Gasteiger partial charge is 0.459 e. The van der Waals surface area contributed by atoms with Crippen LogP contribution < -0.4 is 0 Å². The van der Waals surface area contributed by atoms with Crippen molar-refractivity contribution in [2.24, 2.45) is 0 Å². The van der Waals surface area contributed by atoms with Gasteiger partial charge in [0.1, 0.15) is 28.0 Å². The number of esters is 5. The van der Waals surface area contributed by atoms with Crippen LogP contribution in [0.4, 0.5) is 0 Å². The third kappa shape index (κ3) is 25.0. The Labute approximate surface area is 331 Å². The van der Waals surface area contributed by atoms with Gasteiger partial charge in [-0.1, -0.05) is 15.9 Å². The number of hydrogen-bond donors (Lipinski definition) is 0. The number of ether oxygens (including phenoxy) is 5. The minimum Gasteiger partial charge on any atom is -0.459 e. The van der Waals surface area contributed by atoms with E-state index >= 15 is 0 Å². The molecule has 1 aromatic heterocycles. The zero-order chi connectivity index (χ0) is 41.9. The van der Waals surface area contributed by atoms with Crippen molar-refractivity contribution in [3.05, 3.63) is 28.0 Å². The normalized spacial score (nSPS) is 12.9. The van der Waals surface area contributed by atoms with Crippen LogP contribution in [-0.4, -0.2) is 123 Å².